The van der Waals surface area contributed by atoms with Gasteiger partial charge < -0.3 is 15.8 Å². The van der Waals surface area contributed by atoms with Crippen LogP contribution in [0.15, 0.2) is 0 Å². The summed E-state index contributed by atoms with van der Waals surface area (Å²) in [6.45, 7) is 1.83. The molecule has 0 aromatic carbocycles. The highest BCUT2D eigenvalue weighted by molar-refractivity contribution is 5.87. The van der Waals surface area contributed by atoms with Crippen molar-refractivity contribution in [2.45, 2.75) is 13.3 Å². The van der Waals surface area contributed by atoms with Gasteiger partial charge in [0.25, 0.3) is 0 Å². The second-order valence-electron chi connectivity index (χ2n) is 2.11. The Morgan fingerprint density at radius 3 is 2.82 bits per heavy atom. The summed E-state index contributed by atoms with van der Waals surface area (Å²) >= 11 is 0. The number of aromatic carboxylic acids is 1. The number of hydrogen-bond acceptors (Lipinski definition) is 3. The number of aryl methyl sites for hydroxylation is 1. The average Bonchev–Trinajstić information content (AvgIpc) is 2.30. The molecule has 0 bridgehead atoms. The van der Waals surface area contributed by atoms with Crippen LogP contribution in [-0.4, -0.2) is 21.0 Å². The first-order chi connectivity index (χ1) is 5.15. The summed E-state index contributed by atoms with van der Waals surface area (Å²) in [5.74, 6) is -0.894. The number of nitrogens with two attached hydrogens (primary N) is 1. The third-order valence-corrected chi connectivity index (χ3v) is 1.35. The van der Waals surface area contributed by atoms with Crippen molar-refractivity contribution >= 4 is 11.9 Å². The van der Waals surface area contributed by atoms with Crippen LogP contribution in [0.3, 0.4) is 0 Å². The Kier molecular flexibility index (Phi) is 1.80. The largest absolute Gasteiger partial charge is 0.476 e. The molecule has 1 aromatic rings. The number of nitrogens with one attached hydrogen (secondary N) is 1. The van der Waals surface area contributed by atoms with Gasteiger partial charge in [-0.25, -0.2) is 9.78 Å². The van der Waals surface area contributed by atoms with Gasteiger partial charge in [0.1, 0.15) is 0 Å². The van der Waals surface area contributed by atoms with E-state index < -0.39 is 5.97 Å². The lowest BCUT2D eigenvalue weighted by molar-refractivity contribution is 0.0690. The van der Waals surface area contributed by atoms with E-state index in [-0.39, 0.29) is 11.6 Å². The van der Waals surface area contributed by atoms with Crippen LogP contribution in [0, 0.1) is 0 Å². The van der Waals surface area contributed by atoms with E-state index in [0.29, 0.717) is 12.1 Å². The zero-order valence-electron chi connectivity index (χ0n) is 6.09. The van der Waals surface area contributed by atoms with Crippen molar-refractivity contribution in [1.29, 1.82) is 0 Å². The molecule has 60 valence electrons. The van der Waals surface area contributed by atoms with Gasteiger partial charge in [0.05, 0.1) is 5.69 Å². The maximum absolute atomic E-state index is 10.5. The van der Waals surface area contributed by atoms with Gasteiger partial charge in [0.15, 0.2) is 11.6 Å². The summed E-state index contributed by atoms with van der Waals surface area (Å²) in [6, 6.07) is 0. The van der Waals surface area contributed by atoms with Crippen molar-refractivity contribution in [2.75, 3.05) is 5.73 Å². The highest BCUT2D eigenvalue weighted by Gasteiger charge is 2.12. The van der Waals surface area contributed by atoms with E-state index in [0.717, 1.165) is 0 Å². The first-order valence-electron chi connectivity index (χ1n) is 3.22. The molecule has 0 aliphatic rings. The van der Waals surface area contributed by atoms with E-state index in [1.165, 1.54) is 0 Å². The predicted octanol–water partition coefficient (Wildman–Crippen LogP) is 0.252. The van der Waals surface area contributed by atoms with Gasteiger partial charge in [0, 0.05) is 0 Å². The molecule has 0 radical (unpaired) electrons. The van der Waals surface area contributed by atoms with Crippen LogP contribution in [0.4, 0.5) is 5.95 Å². The van der Waals surface area contributed by atoms with Crippen molar-refractivity contribution in [3.63, 3.8) is 0 Å². The molecule has 0 aliphatic carbocycles. The van der Waals surface area contributed by atoms with E-state index in [4.69, 9.17) is 10.8 Å². The normalized spacial score (nSPS) is 9.91. The first kappa shape index (κ1) is 7.59. The van der Waals surface area contributed by atoms with E-state index in [1.54, 1.807) is 0 Å². The number of imidazole rings is 1. The van der Waals surface area contributed by atoms with E-state index in [2.05, 4.69) is 9.97 Å². The topological polar surface area (TPSA) is 92.0 Å². The Morgan fingerprint density at radius 1 is 1.82 bits per heavy atom. The summed E-state index contributed by atoms with van der Waals surface area (Å²) in [5, 5.41) is 8.57. The summed E-state index contributed by atoms with van der Waals surface area (Å²) in [4.78, 5) is 16.7. The van der Waals surface area contributed by atoms with Crippen LogP contribution in [0.1, 0.15) is 23.1 Å². The van der Waals surface area contributed by atoms with Crippen LogP contribution in [0.2, 0.25) is 0 Å². The first-order valence-corrected chi connectivity index (χ1v) is 3.22. The molecule has 5 heteroatoms. The van der Waals surface area contributed by atoms with Crippen LogP contribution in [-0.2, 0) is 6.42 Å². The number of anilines is 1. The molecule has 0 unspecified atom stereocenters. The SMILES string of the molecule is CCc1[nH]c(N)nc1C(=O)O. The van der Waals surface area contributed by atoms with Crippen molar-refractivity contribution in [2.24, 2.45) is 0 Å². The van der Waals surface area contributed by atoms with Crippen LogP contribution < -0.4 is 5.73 Å². The lowest BCUT2D eigenvalue weighted by atomic mass is 10.3. The number of hydrogen-bond donors (Lipinski definition) is 3. The van der Waals surface area contributed by atoms with Crippen LogP contribution in [0.5, 0.6) is 0 Å². The Labute approximate surface area is 63.3 Å². The van der Waals surface area contributed by atoms with Gasteiger partial charge in [0.2, 0.25) is 0 Å². The number of H-pyrrole nitrogens is 1. The maximum Gasteiger partial charge on any atom is 0.356 e. The minimum absolute atomic E-state index is 0.0185. The number of nitrogens with zero attached hydrogens (tertiary/aromatic N) is 1. The zero-order chi connectivity index (χ0) is 8.43. The lowest BCUT2D eigenvalue weighted by Gasteiger charge is -1.89. The molecule has 1 rings (SSSR count). The van der Waals surface area contributed by atoms with Crippen molar-refractivity contribution in [3.8, 4) is 0 Å². The van der Waals surface area contributed by atoms with Gasteiger partial charge in [-0.2, -0.15) is 0 Å². The number of rotatable bonds is 2. The number of carboxylic acids is 1. The quantitative estimate of drug-likeness (QED) is 0.570. The highest BCUT2D eigenvalue weighted by atomic mass is 16.4. The molecule has 0 amide bonds. The Bertz CT molecular complexity index is 279. The smallest absolute Gasteiger partial charge is 0.356 e. The molecule has 0 spiro atoms. The number of carbonyl (C=O) groups is 1. The van der Waals surface area contributed by atoms with Crippen molar-refractivity contribution in [3.05, 3.63) is 11.4 Å². The second-order valence-corrected chi connectivity index (χ2v) is 2.11. The average molecular weight is 155 g/mol. The number of aromatic amines is 1. The molecule has 0 saturated carbocycles. The summed E-state index contributed by atoms with van der Waals surface area (Å²) in [6.07, 6.45) is 0.589. The Balaban J connectivity index is 3.12. The summed E-state index contributed by atoms with van der Waals surface area (Å²) < 4.78 is 0. The molecule has 5 nitrogen and oxygen atoms in total. The number of nitrogen functional groups attached to an aromatic ring is 1. The number of carboxylic acid groups (broad SMARTS) is 1. The molecular formula is C6H9N3O2. The fraction of sp³-hybridized carbons (Fsp3) is 0.333. The molecule has 4 N–H and O–H groups in total. The third kappa shape index (κ3) is 1.31. The van der Waals surface area contributed by atoms with Crippen molar-refractivity contribution in [1.82, 2.24) is 9.97 Å². The Morgan fingerprint density at radius 2 is 2.45 bits per heavy atom. The monoisotopic (exact) mass is 155 g/mol. The standard InChI is InChI=1S/C6H9N3O2/c1-2-3-4(5(10)11)9-6(7)8-3/h2H2,1H3,(H,10,11)(H3,7,8,9). The summed E-state index contributed by atoms with van der Waals surface area (Å²) in [5.41, 5.74) is 5.85. The fourth-order valence-electron chi connectivity index (χ4n) is 0.862. The highest BCUT2D eigenvalue weighted by Crippen LogP contribution is 2.07. The van der Waals surface area contributed by atoms with E-state index in [9.17, 15) is 4.79 Å². The molecule has 11 heavy (non-hydrogen) atoms. The van der Waals surface area contributed by atoms with Crippen LogP contribution >= 0.6 is 0 Å². The minimum atomic E-state index is -1.05. The molecule has 0 aliphatic heterocycles. The van der Waals surface area contributed by atoms with Gasteiger partial charge in [-0.1, -0.05) is 6.92 Å². The molecule has 0 saturated heterocycles. The van der Waals surface area contributed by atoms with Gasteiger partial charge in [-0.05, 0) is 6.42 Å². The predicted molar refractivity (Wildman–Crippen MR) is 39.3 cm³/mol. The number of aromatic nitrogens is 2. The molecule has 0 atom stereocenters. The van der Waals surface area contributed by atoms with E-state index >= 15 is 0 Å². The fourth-order valence-corrected chi connectivity index (χ4v) is 0.862. The Hall–Kier alpha value is -1.52. The molecular weight excluding hydrogens is 146 g/mol. The zero-order valence-corrected chi connectivity index (χ0v) is 6.09. The lowest BCUT2D eigenvalue weighted by Crippen LogP contribution is -2.00. The maximum atomic E-state index is 10.5. The third-order valence-electron chi connectivity index (χ3n) is 1.35. The summed E-state index contributed by atoms with van der Waals surface area (Å²) in [7, 11) is 0. The molecule has 1 heterocycles. The minimum Gasteiger partial charge on any atom is -0.476 e. The van der Waals surface area contributed by atoms with Crippen LogP contribution in [0.25, 0.3) is 0 Å². The molecule has 1 aromatic heterocycles. The van der Waals surface area contributed by atoms with Crippen molar-refractivity contribution < 1.29 is 9.90 Å². The van der Waals surface area contributed by atoms with Gasteiger partial charge in [-0.15, -0.1) is 0 Å². The second kappa shape index (κ2) is 2.61. The van der Waals surface area contributed by atoms with Gasteiger partial charge >= 0.3 is 5.97 Å². The molecule has 0 fully saturated rings. The van der Waals surface area contributed by atoms with Gasteiger partial charge in [-0.3, -0.25) is 0 Å². The van der Waals surface area contributed by atoms with E-state index in [1.807, 2.05) is 6.92 Å².